The number of aromatic nitrogens is 8. The van der Waals surface area contributed by atoms with E-state index in [1.807, 2.05) is 72.8 Å². The maximum atomic E-state index is 5.31. The fourth-order valence-electron chi connectivity index (χ4n) is 16.6. The molecular weight excluding hydrogens is 1460 g/mol. The van der Waals surface area contributed by atoms with Crippen LogP contribution in [0.15, 0.2) is 437 Å². The Morgan fingerprint density at radius 2 is 0.333 bits per heavy atom. The van der Waals surface area contributed by atoms with Crippen molar-refractivity contribution in [2.75, 3.05) is 0 Å². The molecule has 8 nitrogen and oxygen atoms in total. The maximum Gasteiger partial charge on any atom is 0.164 e. The molecule has 4 aromatic heterocycles. The van der Waals surface area contributed by atoms with Crippen molar-refractivity contribution in [3.05, 3.63) is 437 Å². The van der Waals surface area contributed by atoms with Gasteiger partial charge in [-0.1, -0.05) is 388 Å². The van der Waals surface area contributed by atoms with Gasteiger partial charge in [-0.3, -0.25) is 0 Å². The molecule has 0 unspecified atom stereocenters. The van der Waals surface area contributed by atoms with Gasteiger partial charge < -0.3 is 0 Å². The van der Waals surface area contributed by atoms with Crippen molar-refractivity contribution in [2.24, 2.45) is 0 Å². The van der Waals surface area contributed by atoms with Crippen LogP contribution < -0.4 is 0 Å². The smallest absolute Gasteiger partial charge is 0.164 e. The Hall–Kier alpha value is -16.2. The lowest BCUT2D eigenvalue weighted by atomic mass is 9.93. The Morgan fingerprint density at radius 3 is 0.667 bits per heavy atom. The lowest BCUT2D eigenvalue weighted by molar-refractivity contribution is 1.07. The molecule has 0 bridgehead atoms. The number of hydrogen-bond acceptors (Lipinski definition) is 8. The van der Waals surface area contributed by atoms with Crippen molar-refractivity contribution >= 4 is 64.9 Å². The summed E-state index contributed by atoms with van der Waals surface area (Å²) in [5.74, 6) is 3.78. The average molecular weight is 1530 g/mol. The molecule has 0 fully saturated rings. The minimum absolute atomic E-state index is 0.624. The molecule has 0 saturated heterocycles. The van der Waals surface area contributed by atoms with Crippen molar-refractivity contribution in [1.82, 2.24) is 39.9 Å². The summed E-state index contributed by atoms with van der Waals surface area (Å²) >= 11 is 0. The largest absolute Gasteiger partial charge is 0.247 e. The molecule has 0 atom stereocenters. The van der Waals surface area contributed by atoms with Gasteiger partial charge in [0.25, 0.3) is 0 Å². The predicted molar refractivity (Wildman–Crippen MR) is 496 cm³/mol. The highest BCUT2D eigenvalue weighted by Crippen LogP contribution is 2.43. The third kappa shape index (κ3) is 14.2. The van der Waals surface area contributed by atoms with Gasteiger partial charge in [-0.05, 0) is 148 Å². The first-order chi connectivity index (χ1) is 59.4. The number of fused-ring (bicyclic) bond motifs is 10. The van der Waals surface area contributed by atoms with E-state index in [0.29, 0.717) is 34.9 Å². The van der Waals surface area contributed by atoms with Gasteiger partial charge in [0.1, 0.15) is 0 Å². The fraction of sp³-hybridized carbons (Fsp3) is 0. The highest BCUT2D eigenvalue weighted by Gasteiger charge is 2.21. The summed E-state index contributed by atoms with van der Waals surface area (Å²) in [4.78, 5) is 40.8. The van der Waals surface area contributed by atoms with Crippen LogP contribution in [0.25, 0.3) is 222 Å². The zero-order chi connectivity index (χ0) is 79.7. The molecule has 22 rings (SSSR count). The second-order valence-electron chi connectivity index (χ2n) is 30.1. The van der Waals surface area contributed by atoms with Crippen molar-refractivity contribution in [2.45, 2.75) is 0 Å². The summed E-state index contributed by atoms with van der Waals surface area (Å²) in [6.45, 7) is 0. The molecule has 4 heterocycles. The molecule has 0 radical (unpaired) electrons. The van der Waals surface area contributed by atoms with E-state index in [1.54, 1.807) is 0 Å². The van der Waals surface area contributed by atoms with Crippen LogP contribution in [0.5, 0.6) is 0 Å². The molecule has 8 heteroatoms. The number of nitrogens with zero attached hydrogens (tertiary/aromatic N) is 8. The van der Waals surface area contributed by atoms with E-state index >= 15 is 0 Å². The van der Waals surface area contributed by atoms with Crippen LogP contribution in [-0.2, 0) is 0 Å². The summed E-state index contributed by atoms with van der Waals surface area (Å²) < 4.78 is 0. The van der Waals surface area contributed by atoms with Crippen LogP contribution in [0.1, 0.15) is 0 Å². The van der Waals surface area contributed by atoms with Gasteiger partial charge in [-0.25, -0.2) is 39.9 Å². The molecule has 560 valence electrons. The predicted octanol–water partition coefficient (Wildman–Crippen LogP) is 28.8. The van der Waals surface area contributed by atoms with Crippen molar-refractivity contribution < 1.29 is 0 Å². The van der Waals surface area contributed by atoms with Crippen molar-refractivity contribution in [1.29, 1.82) is 0 Å². The normalized spacial score (nSPS) is 11.3. The average Bonchev–Trinajstić information content (AvgIpc) is 0.743. The minimum Gasteiger partial charge on any atom is -0.247 e. The van der Waals surface area contributed by atoms with Crippen LogP contribution in [-0.4, -0.2) is 39.9 Å². The van der Waals surface area contributed by atoms with Crippen molar-refractivity contribution in [3.8, 4) is 158 Å². The first-order valence-corrected chi connectivity index (χ1v) is 40.4. The first-order valence-electron chi connectivity index (χ1n) is 40.4. The van der Waals surface area contributed by atoms with Crippen LogP contribution in [0.4, 0.5) is 0 Å². The third-order valence-corrected chi connectivity index (χ3v) is 22.6. The minimum atomic E-state index is 0.624. The van der Waals surface area contributed by atoms with Gasteiger partial charge in [-0.15, -0.1) is 0 Å². The van der Waals surface area contributed by atoms with Crippen molar-refractivity contribution in [3.63, 3.8) is 0 Å². The molecule has 0 aliphatic carbocycles. The molecule has 18 aromatic carbocycles. The third-order valence-electron chi connectivity index (χ3n) is 22.6. The second kappa shape index (κ2) is 31.6. The fourth-order valence-corrected chi connectivity index (χ4v) is 16.6. The molecule has 22 aromatic rings. The summed E-state index contributed by atoms with van der Waals surface area (Å²) in [7, 11) is 0. The van der Waals surface area contributed by atoms with E-state index in [4.69, 9.17) is 39.9 Å². The van der Waals surface area contributed by atoms with E-state index in [-0.39, 0.29) is 0 Å². The molecule has 0 aliphatic heterocycles. The Kier molecular flexibility index (Phi) is 18.8. The second-order valence-corrected chi connectivity index (χ2v) is 30.1. The van der Waals surface area contributed by atoms with Gasteiger partial charge in [0.15, 0.2) is 34.9 Å². The maximum absolute atomic E-state index is 5.31. The van der Waals surface area contributed by atoms with Gasteiger partial charge in [-0.2, -0.15) is 0 Å². The molecule has 0 saturated carbocycles. The highest BCUT2D eigenvalue weighted by molar-refractivity contribution is 6.22. The SMILES string of the molecule is c1ccc(-c2ccc(-c3nc(-c4ccccc4)nc(-c4cccc(-c5cccc(-c6cccc(-c7nc8ccccc8c8ccc9ccccc9c78)c6)c5)c4)n3)cc2)cc1.c1ccc(-c2ccc(-c3nc(-c4ccccc4)nc(-c4cccc(-c5cccc(-c6cccc(-c7nc8ccccc8c8ccc9ccccc9c78)c6)c5)c4)n3)cc2)cc1. The summed E-state index contributed by atoms with van der Waals surface area (Å²) in [6, 6.07) is 153. The number of rotatable bonds is 14. The van der Waals surface area contributed by atoms with Gasteiger partial charge in [0, 0.05) is 66.1 Å². The van der Waals surface area contributed by atoms with E-state index < -0.39 is 0 Å². The monoisotopic (exact) mass is 1530 g/mol. The Labute approximate surface area is 694 Å². The number of benzene rings is 18. The zero-order valence-corrected chi connectivity index (χ0v) is 65.1. The number of para-hydroxylation sites is 2. The summed E-state index contributed by atoms with van der Waals surface area (Å²) in [5.41, 5.74) is 25.2. The molecule has 0 aliphatic rings. The van der Waals surface area contributed by atoms with Crippen LogP contribution in [0.2, 0.25) is 0 Å². The lowest BCUT2D eigenvalue weighted by Crippen LogP contribution is -2.00. The van der Waals surface area contributed by atoms with Crippen LogP contribution in [0, 0.1) is 0 Å². The molecule has 0 N–H and O–H groups in total. The lowest BCUT2D eigenvalue weighted by Gasteiger charge is -2.14. The van der Waals surface area contributed by atoms with Crippen LogP contribution >= 0.6 is 0 Å². The molecule has 0 amide bonds. The Bertz CT molecular complexity index is 7170. The standard InChI is InChI=1S/2C56H36N4/c2*1-3-14-37(15-4-1)38-28-30-41(31-29-38)55-58-54(40-17-5-2-6-18-40)59-56(60-55)47-24-13-22-45(36-47)43-20-11-19-42(34-43)44-21-12-23-46(35-44)53-52-48-25-8-7-16-39(48)32-33-50(52)49-26-9-10-27-51(49)57-53/h2*1-36H. The van der Waals surface area contributed by atoms with Gasteiger partial charge in [0.05, 0.1) is 22.4 Å². The van der Waals surface area contributed by atoms with E-state index in [9.17, 15) is 0 Å². The molecule has 120 heavy (non-hydrogen) atoms. The number of hydrogen-bond donors (Lipinski definition) is 0. The first kappa shape index (κ1) is 71.6. The summed E-state index contributed by atoms with van der Waals surface area (Å²) in [5, 5.41) is 11.9. The Balaban J connectivity index is 0.000000148. The van der Waals surface area contributed by atoms with Gasteiger partial charge in [0.2, 0.25) is 0 Å². The van der Waals surface area contributed by atoms with E-state index in [0.717, 1.165) is 133 Å². The van der Waals surface area contributed by atoms with Gasteiger partial charge >= 0.3 is 0 Å². The number of pyridine rings is 2. The molecular formula is C112H72N8. The zero-order valence-electron chi connectivity index (χ0n) is 65.1. The molecule has 0 spiro atoms. The quantitative estimate of drug-likeness (QED) is 0.0992. The summed E-state index contributed by atoms with van der Waals surface area (Å²) in [6.07, 6.45) is 0. The van der Waals surface area contributed by atoms with E-state index in [1.165, 1.54) is 54.2 Å². The van der Waals surface area contributed by atoms with E-state index in [2.05, 4.69) is 364 Å². The topological polar surface area (TPSA) is 103 Å². The Morgan fingerprint density at radius 1 is 0.117 bits per heavy atom. The van der Waals surface area contributed by atoms with Crippen LogP contribution in [0.3, 0.4) is 0 Å². The highest BCUT2D eigenvalue weighted by atomic mass is 15.0.